The summed E-state index contributed by atoms with van der Waals surface area (Å²) >= 11 is 0. The Morgan fingerprint density at radius 3 is 2.22 bits per heavy atom. The van der Waals surface area contributed by atoms with Crippen LogP contribution in [-0.2, 0) is 22.6 Å². The number of nitrogen functional groups attached to an aromatic ring is 1. The average molecular weight is 529 g/mol. The highest BCUT2D eigenvalue weighted by Crippen LogP contribution is 2.39. The van der Waals surface area contributed by atoms with Gasteiger partial charge in [-0.05, 0) is 49.1 Å². The lowest BCUT2D eigenvalue weighted by Gasteiger charge is -2.42. The number of H-pyrrole nitrogens is 1. The summed E-state index contributed by atoms with van der Waals surface area (Å²) in [5.74, 6) is 0.0406. The number of hydrogen-bond donors (Lipinski definition) is 3. The number of halogens is 6. The van der Waals surface area contributed by atoms with Gasteiger partial charge in [-0.1, -0.05) is 30.3 Å². The Morgan fingerprint density at radius 2 is 1.73 bits per heavy atom. The van der Waals surface area contributed by atoms with E-state index in [0.717, 1.165) is 5.56 Å². The summed E-state index contributed by atoms with van der Waals surface area (Å²) in [7, 11) is 0. The Kier molecular flexibility index (Phi) is 7.12. The Labute approximate surface area is 207 Å². The lowest BCUT2D eigenvalue weighted by atomic mass is 9.81. The zero-order valence-corrected chi connectivity index (χ0v) is 19.7. The van der Waals surface area contributed by atoms with Crippen molar-refractivity contribution in [3.05, 3.63) is 81.3 Å². The van der Waals surface area contributed by atoms with Gasteiger partial charge in [-0.25, -0.2) is 9.89 Å². The highest BCUT2D eigenvalue weighted by molar-refractivity contribution is 5.35. The highest BCUT2D eigenvalue weighted by atomic mass is 19.4. The minimum absolute atomic E-state index is 0.0406. The van der Waals surface area contributed by atoms with Crippen LogP contribution in [0.4, 0.5) is 32.3 Å². The molecule has 1 fully saturated rings. The van der Waals surface area contributed by atoms with Gasteiger partial charge >= 0.3 is 18.0 Å². The van der Waals surface area contributed by atoms with E-state index < -0.39 is 40.8 Å². The summed E-state index contributed by atoms with van der Waals surface area (Å²) in [6, 6.07) is 10.3. The predicted molar refractivity (Wildman–Crippen MR) is 122 cm³/mol. The quantitative estimate of drug-likeness (QED) is 0.399. The van der Waals surface area contributed by atoms with Crippen molar-refractivity contribution >= 4 is 5.95 Å². The summed E-state index contributed by atoms with van der Waals surface area (Å²) in [6.45, 7) is 1.67. The molecular weight excluding hydrogens is 504 g/mol. The van der Waals surface area contributed by atoms with E-state index in [1.807, 2.05) is 30.3 Å². The van der Waals surface area contributed by atoms with E-state index in [1.54, 1.807) is 0 Å². The van der Waals surface area contributed by atoms with Crippen molar-refractivity contribution in [1.82, 2.24) is 20.1 Å². The van der Waals surface area contributed by atoms with Gasteiger partial charge in [-0.2, -0.15) is 26.3 Å². The SMILES string of the molecule is C[C@@H](OC[C@@]1(c2ccccc2)CC[C@@H](n2c(N)n[nH]c2=O)CN1)c1cc(C(F)(F)F)cc(C(F)(F)F)c1. The second-order valence-electron chi connectivity index (χ2n) is 9.07. The van der Waals surface area contributed by atoms with Crippen molar-refractivity contribution in [3.63, 3.8) is 0 Å². The number of benzene rings is 2. The second kappa shape index (κ2) is 9.86. The number of aromatic amines is 1. The maximum atomic E-state index is 13.3. The lowest BCUT2D eigenvalue weighted by Crippen LogP contribution is -2.53. The first-order chi connectivity index (χ1) is 17.3. The van der Waals surface area contributed by atoms with Crippen molar-refractivity contribution in [2.24, 2.45) is 0 Å². The fraction of sp³-hybridized carbons (Fsp3) is 0.417. The number of hydrogen-bond acceptors (Lipinski definition) is 5. The molecule has 0 aliphatic carbocycles. The monoisotopic (exact) mass is 529 g/mol. The molecule has 4 N–H and O–H groups in total. The van der Waals surface area contributed by atoms with Crippen LogP contribution in [0, 0.1) is 0 Å². The number of rotatable bonds is 6. The van der Waals surface area contributed by atoms with Gasteiger partial charge in [0.2, 0.25) is 5.95 Å². The van der Waals surface area contributed by atoms with E-state index in [2.05, 4.69) is 15.5 Å². The van der Waals surface area contributed by atoms with Crippen molar-refractivity contribution in [2.45, 2.75) is 49.8 Å². The molecule has 1 aliphatic heterocycles. The molecule has 0 unspecified atom stereocenters. The maximum absolute atomic E-state index is 13.3. The molecule has 4 rings (SSSR count). The van der Waals surface area contributed by atoms with E-state index >= 15 is 0 Å². The molecule has 7 nitrogen and oxygen atoms in total. The van der Waals surface area contributed by atoms with Gasteiger partial charge in [-0.3, -0.25) is 4.57 Å². The summed E-state index contributed by atoms with van der Waals surface area (Å²) in [4.78, 5) is 12.1. The molecule has 0 radical (unpaired) electrons. The zero-order valence-electron chi connectivity index (χ0n) is 19.7. The molecule has 2 aromatic carbocycles. The average Bonchev–Trinajstić information content (AvgIpc) is 3.19. The molecule has 3 aromatic rings. The van der Waals surface area contributed by atoms with Crippen LogP contribution in [0.15, 0.2) is 53.3 Å². The van der Waals surface area contributed by atoms with Crippen molar-refractivity contribution in [2.75, 3.05) is 18.9 Å². The number of anilines is 1. The topological polar surface area (TPSA) is 98.0 Å². The number of piperidine rings is 1. The number of nitrogens with two attached hydrogens (primary N) is 1. The molecule has 3 atom stereocenters. The first kappa shape index (κ1) is 26.7. The van der Waals surface area contributed by atoms with Gasteiger partial charge in [0.15, 0.2) is 0 Å². The largest absolute Gasteiger partial charge is 0.416 e. The number of alkyl halides is 6. The van der Waals surface area contributed by atoms with E-state index in [4.69, 9.17) is 10.5 Å². The van der Waals surface area contributed by atoms with Crippen LogP contribution < -0.4 is 16.7 Å². The van der Waals surface area contributed by atoms with Crippen LogP contribution in [0.5, 0.6) is 0 Å². The molecule has 0 bridgehead atoms. The molecule has 0 saturated carbocycles. The fourth-order valence-electron chi connectivity index (χ4n) is 4.59. The van der Waals surface area contributed by atoms with Crippen LogP contribution in [0.1, 0.15) is 54.2 Å². The van der Waals surface area contributed by atoms with Crippen LogP contribution in [0.25, 0.3) is 0 Å². The summed E-state index contributed by atoms with van der Waals surface area (Å²) in [5.41, 5.74) is 2.35. The normalized spacial score (nSPS) is 21.6. The predicted octanol–water partition coefficient (Wildman–Crippen LogP) is 4.79. The fourth-order valence-corrected chi connectivity index (χ4v) is 4.59. The van der Waals surface area contributed by atoms with Crippen LogP contribution in [0.2, 0.25) is 0 Å². The molecular formula is C24H25F6N5O2. The molecule has 0 amide bonds. The first-order valence-corrected chi connectivity index (χ1v) is 11.4. The number of aromatic nitrogens is 3. The van der Waals surface area contributed by atoms with E-state index in [-0.39, 0.29) is 30.2 Å². The van der Waals surface area contributed by atoms with Crippen molar-refractivity contribution in [1.29, 1.82) is 0 Å². The van der Waals surface area contributed by atoms with E-state index in [1.165, 1.54) is 11.5 Å². The number of nitrogens with zero attached hydrogens (tertiary/aromatic N) is 2. The van der Waals surface area contributed by atoms with Gasteiger partial charge in [-0.15, -0.1) is 5.10 Å². The molecule has 1 saturated heterocycles. The Balaban J connectivity index is 1.59. The smallest absolute Gasteiger partial charge is 0.372 e. The minimum Gasteiger partial charge on any atom is -0.372 e. The molecule has 2 heterocycles. The Morgan fingerprint density at radius 1 is 1.11 bits per heavy atom. The number of ether oxygens (including phenoxy) is 1. The summed E-state index contributed by atoms with van der Waals surface area (Å²) in [6.07, 6.45) is -10.0. The minimum atomic E-state index is -4.95. The van der Waals surface area contributed by atoms with Crippen LogP contribution in [-0.4, -0.2) is 27.9 Å². The van der Waals surface area contributed by atoms with Crippen LogP contribution in [0.3, 0.4) is 0 Å². The van der Waals surface area contributed by atoms with Crippen molar-refractivity contribution < 1.29 is 31.1 Å². The molecule has 37 heavy (non-hydrogen) atoms. The third kappa shape index (κ3) is 5.67. The Hall–Kier alpha value is -3.32. The zero-order chi connectivity index (χ0) is 27.0. The maximum Gasteiger partial charge on any atom is 0.416 e. The van der Waals surface area contributed by atoms with E-state index in [0.29, 0.717) is 31.5 Å². The second-order valence-corrected chi connectivity index (χ2v) is 9.07. The van der Waals surface area contributed by atoms with Gasteiger partial charge in [0.05, 0.1) is 35.4 Å². The lowest BCUT2D eigenvalue weighted by molar-refractivity contribution is -0.143. The van der Waals surface area contributed by atoms with Gasteiger partial charge < -0.3 is 15.8 Å². The molecule has 13 heteroatoms. The standard InChI is InChI=1S/C24H25F6N5O2/c1-14(15-9-17(23(25,26)27)11-18(10-15)24(28,29)30)37-13-22(16-5-3-2-4-6-16)8-7-19(12-32-22)35-20(31)33-34-21(35)36/h2-6,9-11,14,19,32H,7-8,12-13H2,1H3,(H2,31,33)(H,34,36)/t14-,19-,22-/m1/s1. The van der Waals surface area contributed by atoms with Gasteiger partial charge in [0.1, 0.15) is 0 Å². The first-order valence-electron chi connectivity index (χ1n) is 11.4. The molecule has 0 spiro atoms. The summed E-state index contributed by atoms with van der Waals surface area (Å²) in [5, 5.41) is 9.39. The molecule has 1 aliphatic rings. The third-order valence-electron chi connectivity index (χ3n) is 6.66. The molecule has 200 valence electrons. The van der Waals surface area contributed by atoms with Gasteiger partial charge in [0.25, 0.3) is 0 Å². The third-order valence-corrected chi connectivity index (χ3v) is 6.66. The van der Waals surface area contributed by atoms with E-state index in [9.17, 15) is 31.1 Å². The van der Waals surface area contributed by atoms with Crippen molar-refractivity contribution in [3.8, 4) is 0 Å². The molecule has 1 aromatic heterocycles. The van der Waals surface area contributed by atoms with Gasteiger partial charge in [0, 0.05) is 6.54 Å². The number of nitrogens with one attached hydrogen (secondary N) is 2. The van der Waals surface area contributed by atoms with Crippen LogP contribution >= 0.6 is 0 Å². The Bertz CT molecular complexity index is 1250. The summed E-state index contributed by atoms with van der Waals surface area (Å²) < 4.78 is 87.1. The highest BCUT2D eigenvalue weighted by Gasteiger charge is 2.40.